The molecule has 0 saturated carbocycles. The zero-order valence-electron chi connectivity index (χ0n) is 13.7. The summed E-state index contributed by atoms with van der Waals surface area (Å²) in [6, 6.07) is 6.76. The smallest absolute Gasteiger partial charge is 0.312 e. The van der Waals surface area contributed by atoms with Crippen LogP contribution in [0.3, 0.4) is 0 Å². The van der Waals surface area contributed by atoms with Gasteiger partial charge in [-0.2, -0.15) is 5.10 Å². The Bertz CT molecular complexity index is 814. The van der Waals surface area contributed by atoms with E-state index in [1.165, 1.54) is 4.68 Å². The molecular weight excluding hydrogens is 312 g/mol. The van der Waals surface area contributed by atoms with Crippen molar-refractivity contribution >= 4 is 17.3 Å². The second-order valence-electron chi connectivity index (χ2n) is 5.69. The van der Waals surface area contributed by atoms with Gasteiger partial charge in [-0.25, -0.2) is 4.68 Å². The van der Waals surface area contributed by atoms with Gasteiger partial charge in [0.25, 0.3) is 5.91 Å². The van der Waals surface area contributed by atoms with E-state index < -0.39 is 11.0 Å². The van der Waals surface area contributed by atoms with E-state index in [0.717, 1.165) is 0 Å². The van der Waals surface area contributed by atoms with Crippen molar-refractivity contribution in [3.63, 3.8) is 0 Å². The first-order valence-electron chi connectivity index (χ1n) is 7.60. The standard InChI is InChI=1S/C16H18N4O4/c1-10-15(20(22)23)11(2)19(17-10)13-8-9-18(16(13)21)12-6-4-5-7-14(12)24-3/h4-7,13H,8-9H2,1-3H3/t13-/m1/s1. The van der Waals surface area contributed by atoms with Gasteiger partial charge in [0.1, 0.15) is 23.2 Å². The van der Waals surface area contributed by atoms with Crippen molar-refractivity contribution in [2.45, 2.75) is 26.3 Å². The molecule has 8 nitrogen and oxygen atoms in total. The number of anilines is 1. The molecule has 3 rings (SSSR count). The number of ether oxygens (including phenoxy) is 1. The lowest BCUT2D eigenvalue weighted by Gasteiger charge is -2.19. The van der Waals surface area contributed by atoms with Gasteiger partial charge in [-0.1, -0.05) is 12.1 Å². The zero-order valence-corrected chi connectivity index (χ0v) is 13.7. The molecule has 1 aromatic carbocycles. The highest BCUT2D eigenvalue weighted by molar-refractivity contribution is 5.99. The van der Waals surface area contributed by atoms with Crippen LogP contribution in [0.1, 0.15) is 23.9 Å². The van der Waals surface area contributed by atoms with E-state index in [4.69, 9.17) is 4.74 Å². The van der Waals surface area contributed by atoms with Gasteiger partial charge in [0.15, 0.2) is 0 Å². The number of carbonyl (C=O) groups is 1. The third kappa shape index (κ3) is 2.40. The molecule has 24 heavy (non-hydrogen) atoms. The van der Waals surface area contributed by atoms with E-state index in [-0.39, 0.29) is 11.6 Å². The van der Waals surface area contributed by atoms with Crippen molar-refractivity contribution in [2.75, 3.05) is 18.6 Å². The number of rotatable bonds is 4. The molecular formula is C16H18N4O4. The normalized spacial score (nSPS) is 17.4. The van der Waals surface area contributed by atoms with E-state index in [1.807, 2.05) is 18.2 Å². The van der Waals surface area contributed by atoms with Crippen LogP contribution in [-0.2, 0) is 4.79 Å². The predicted octanol–water partition coefficient (Wildman–Crippen LogP) is 2.39. The summed E-state index contributed by atoms with van der Waals surface area (Å²) in [5.74, 6) is 0.478. The molecule has 1 aliphatic rings. The lowest BCUT2D eigenvalue weighted by molar-refractivity contribution is -0.386. The summed E-state index contributed by atoms with van der Waals surface area (Å²) >= 11 is 0. The molecule has 2 heterocycles. The van der Waals surface area contributed by atoms with E-state index >= 15 is 0 Å². The molecule has 1 atom stereocenters. The Morgan fingerprint density at radius 3 is 2.67 bits per heavy atom. The molecule has 1 fully saturated rings. The van der Waals surface area contributed by atoms with E-state index in [2.05, 4.69) is 5.10 Å². The monoisotopic (exact) mass is 330 g/mol. The first kappa shape index (κ1) is 16.0. The molecule has 126 valence electrons. The summed E-state index contributed by atoms with van der Waals surface area (Å²) in [7, 11) is 1.56. The summed E-state index contributed by atoms with van der Waals surface area (Å²) in [6.07, 6.45) is 0.538. The molecule has 1 aliphatic heterocycles. The number of aromatic nitrogens is 2. The van der Waals surface area contributed by atoms with Gasteiger partial charge in [-0.05, 0) is 32.4 Å². The van der Waals surface area contributed by atoms with E-state index in [1.54, 1.807) is 31.9 Å². The lowest BCUT2D eigenvalue weighted by Crippen LogP contribution is -2.29. The average molecular weight is 330 g/mol. The highest BCUT2D eigenvalue weighted by Gasteiger charge is 2.38. The van der Waals surface area contributed by atoms with E-state index in [0.29, 0.717) is 35.8 Å². The Kier molecular flexibility index (Phi) is 3.96. The number of aryl methyl sites for hydroxylation is 1. The predicted molar refractivity (Wildman–Crippen MR) is 87.4 cm³/mol. The number of hydrogen-bond donors (Lipinski definition) is 0. The largest absolute Gasteiger partial charge is 0.495 e. The fraction of sp³-hybridized carbons (Fsp3) is 0.375. The van der Waals surface area contributed by atoms with Crippen LogP contribution in [0.5, 0.6) is 5.75 Å². The average Bonchev–Trinajstić information content (AvgIpc) is 3.06. The maximum absolute atomic E-state index is 12.9. The van der Waals surface area contributed by atoms with Crippen LogP contribution in [0.2, 0.25) is 0 Å². The second-order valence-corrected chi connectivity index (χ2v) is 5.69. The van der Waals surface area contributed by atoms with Crippen molar-refractivity contribution in [3.8, 4) is 5.75 Å². The minimum Gasteiger partial charge on any atom is -0.495 e. The number of nitrogens with zero attached hydrogens (tertiary/aromatic N) is 4. The quantitative estimate of drug-likeness (QED) is 0.634. The summed E-state index contributed by atoms with van der Waals surface area (Å²) in [5.41, 5.74) is 1.39. The zero-order chi connectivity index (χ0) is 17.4. The van der Waals surface area contributed by atoms with Crippen LogP contribution >= 0.6 is 0 Å². The summed E-state index contributed by atoms with van der Waals surface area (Å²) in [4.78, 5) is 25.2. The number of para-hydroxylation sites is 2. The van der Waals surface area contributed by atoms with Crippen LogP contribution in [-0.4, -0.2) is 34.3 Å². The molecule has 0 spiro atoms. The first-order chi connectivity index (χ1) is 11.5. The fourth-order valence-electron chi connectivity index (χ4n) is 3.21. The Labute approximate surface area is 138 Å². The summed E-state index contributed by atoms with van der Waals surface area (Å²) < 4.78 is 6.80. The molecule has 0 bridgehead atoms. The number of nitro groups is 1. The Hall–Kier alpha value is -2.90. The Balaban J connectivity index is 1.95. The van der Waals surface area contributed by atoms with Crippen molar-refractivity contribution in [1.29, 1.82) is 0 Å². The van der Waals surface area contributed by atoms with Crippen LogP contribution in [0.15, 0.2) is 24.3 Å². The molecule has 1 aromatic heterocycles. The van der Waals surface area contributed by atoms with Gasteiger partial charge < -0.3 is 9.64 Å². The van der Waals surface area contributed by atoms with Gasteiger partial charge in [-0.15, -0.1) is 0 Å². The van der Waals surface area contributed by atoms with Gasteiger partial charge in [0, 0.05) is 6.54 Å². The molecule has 0 unspecified atom stereocenters. The van der Waals surface area contributed by atoms with Crippen molar-refractivity contribution in [3.05, 3.63) is 45.8 Å². The topological polar surface area (TPSA) is 90.5 Å². The maximum Gasteiger partial charge on any atom is 0.312 e. The van der Waals surface area contributed by atoms with Crippen LogP contribution in [0, 0.1) is 24.0 Å². The number of methoxy groups -OCH3 is 1. The van der Waals surface area contributed by atoms with Gasteiger partial charge in [0.2, 0.25) is 0 Å². The molecule has 0 N–H and O–H groups in total. The van der Waals surface area contributed by atoms with Crippen LogP contribution in [0.25, 0.3) is 0 Å². The highest BCUT2D eigenvalue weighted by atomic mass is 16.6. The highest BCUT2D eigenvalue weighted by Crippen LogP contribution is 2.36. The van der Waals surface area contributed by atoms with Gasteiger partial charge >= 0.3 is 5.69 Å². The molecule has 2 aromatic rings. The maximum atomic E-state index is 12.9. The summed E-state index contributed by atoms with van der Waals surface area (Å²) in [6.45, 7) is 3.71. The SMILES string of the molecule is COc1ccccc1N1CC[C@@H](n2nc(C)c([N+](=O)[O-])c2C)C1=O. The molecule has 1 amide bonds. The van der Waals surface area contributed by atoms with Gasteiger partial charge in [-0.3, -0.25) is 14.9 Å². The Morgan fingerprint density at radius 1 is 1.33 bits per heavy atom. The number of amides is 1. The minimum atomic E-state index is -0.540. The third-order valence-corrected chi connectivity index (χ3v) is 4.32. The van der Waals surface area contributed by atoms with Crippen molar-refractivity contribution < 1.29 is 14.5 Å². The van der Waals surface area contributed by atoms with Crippen LogP contribution < -0.4 is 9.64 Å². The van der Waals surface area contributed by atoms with E-state index in [9.17, 15) is 14.9 Å². The number of benzene rings is 1. The Morgan fingerprint density at radius 2 is 2.04 bits per heavy atom. The summed E-state index contributed by atoms with van der Waals surface area (Å²) in [5, 5.41) is 15.4. The molecule has 0 radical (unpaired) electrons. The first-order valence-corrected chi connectivity index (χ1v) is 7.60. The number of hydrogen-bond acceptors (Lipinski definition) is 5. The third-order valence-electron chi connectivity index (χ3n) is 4.32. The molecule has 8 heteroatoms. The molecule has 1 saturated heterocycles. The minimum absolute atomic E-state index is 0.0291. The van der Waals surface area contributed by atoms with Crippen molar-refractivity contribution in [1.82, 2.24) is 9.78 Å². The van der Waals surface area contributed by atoms with Crippen molar-refractivity contribution in [2.24, 2.45) is 0 Å². The fourth-order valence-corrected chi connectivity index (χ4v) is 3.21. The lowest BCUT2D eigenvalue weighted by atomic mass is 10.2. The molecule has 0 aliphatic carbocycles. The second kappa shape index (κ2) is 5.95. The van der Waals surface area contributed by atoms with Gasteiger partial charge in [0.05, 0.1) is 17.7 Å². The van der Waals surface area contributed by atoms with Crippen LogP contribution in [0.4, 0.5) is 11.4 Å². The number of carbonyl (C=O) groups excluding carboxylic acids is 1.